The molecule has 3 aliphatic carbocycles. The molecule has 1 aliphatic heterocycles. The van der Waals surface area contributed by atoms with Crippen molar-refractivity contribution in [1.82, 2.24) is 5.01 Å². The predicted molar refractivity (Wildman–Crippen MR) is 109 cm³/mol. The van der Waals surface area contributed by atoms with Crippen molar-refractivity contribution in [2.45, 2.75) is 12.8 Å². The molecular formula is C22H19N3O6. The van der Waals surface area contributed by atoms with Crippen LogP contribution in [0.4, 0.5) is 5.69 Å². The molecule has 0 N–H and O–H groups in total. The third kappa shape index (κ3) is 3.04. The molecule has 9 heteroatoms. The number of furan rings is 1. The zero-order valence-electron chi connectivity index (χ0n) is 16.6. The molecule has 1 aromatic carbocycles. The van der Waals surface area contributed by atoms with Gasteiger partial charge in [0.25, 0.3) is 17.5 Å². The van der Waals surface area contributed by atoms with Gasteiger partial charge >= 0.3 is 0 Å². The number of benzene rings is 1. The molecule has 0 radical (unpaired) electrons. The second kappa shape index (κ2) is 7.19. The highest BCUT2D eigenvalue weighted by Crippen LogP contribution is 2.49. The van der Waals surface area contributed by atoms with Gasteiger partial charge in [0.2, 0.25) is 0 Å². The highest BCUT2D eigenvalue weighted by molar-refractivity contribution is 6.06. The summed E-state index contributed by atoms with van der Waals surface area (Å²) in [7, 11) is 1.46. The standard InChI is InChI=1S/C22H19N3O6/c1-30-17-8-6-14(25(28)29)10-16(17)18-9-7-15(31-18)11-23-24-21(26)19-12-2-3-13(5-4-12)20(19)22(24)27/h2-3,6-13,19-20H,4-5H2,1H3/b23-11-/t12-,13+,19+,20-. The van der Waals surface area contributed by atoms with Crippen LogP contribution in [-0.2, 0) is 9.59 Å². The van der Waals surface area contributed by atoms with Gasteiger partial charge in [0, 0.05) is 12.1 Å². The summed E-state index contributed by atoms with van der Waals surface area (Å²) in [5.41, 5.74) is 0.319. The first-order chi connectivity index (χ1) is 15.0. The fraction of sp³-hybridized carbons (Fsp3) is 0.318. The number of ether oxygens (including phenoxy) is 1. The van der Waals surface area contributed by atoms with Crippen LogP contribution in [0.15, 0.2) is 52.0 Å². The molecule has 2 fully saturated rings. The van der Waals surface area contributed by atoms with Crippen LogP contribution in [0.25, 0.3) is 11.3 Å². The zero-order chi connectivity index (χ0) is 21.7. The Morgan fingerprint density at radius 2 is 1.81 bits per heavy atom. The average molecular weight is 421 g/mol. The number of fused-ring (bicyclic) bond motifs is 1. The first kappa shape index (κ1) is 19.2. The number of carbonyl (C=O) groups is 2. The number of nitrogens with zero attached hydrogens (tertiary/aromatic N) is 3. The van der Waals surface area contributed by atoms with Crippen molar-refractivity contribution in [2.75, 3.05) is 7.11 Å². The Labute approximate surface area is 177 Å². The van der Waals surface area contributed by atoms with Crippen LogP contribution in [0.5, 0.6) is 5.75 Å². The molecule has 2 amide bonds. The fourth-order valence-electron chi connectivity index (χ4n) is 4.86. The van der Waals surface area contributed by atoms with Gasteiger partial charge in [-0.1, -0.05) is 12.2 Å². The summed E-state index contributed by atoms with van der Waals surface area (Å²) in [4.78, 5) is 36.2. The molecule has 4 atom stereocenters. The third-order valence-electron chi connectivity index (χ3n) is 6.32. The molecular weight excluding hydrogens is 402 g/mol. The van der Waals surface area contributed by atoms with E-state index >= 15 is 0 Å². The lowest BCUT2D eigenvalue weighted by Crippen LogP contribution is -2.38. The molecule has 4 aliphatic rings. The molecule has 2 heterocycles. The molecule has 158 valence electrons. The minimum atomic E-state index is -0.500. The molecule has 2 bridgehead atoms. The van der Waals surface area contributed by atoms with Gasteiger partial charge < -0.3 is 9.15 Å². The lowest BCUT2D eigenvalue weighted by Gasteiger charge is -2.37. The maximum absolute atomic E-state index is 12.8. The van der Waals surface area contributed by atoms with Crippen LogP contribution in [-0.4, -0.2) is 35.1 Å². The van der Waals surface area contributed by atoms with Crippen molar-refractivity contribution in [3.8, 4) is 17.1 Å². The SMILES string of the molecule is COc1ccc([N+](=O)[O-])cc1-c1ccc(/C=N\N2C(=O)[C@@H]3[C@H](C2=O)[C@H]2C=C[C@@H]3CC2)o1. The quantitative estimate of drug-likeness (QED) is 0.240. The Balaban J connectivity index is 1.40. The number of hydrogen-bond acceptors (Lipinski definition) is 7. The average Bonchev–Trinajstić information content (AvgIpc) is 3.36. The van der Waals surface area contributed by atoms with E-state index < -0.39 is 4.92 Å². The van der Waals surface area contributed by atoms with Gasteiger partial charge in [-0.25, -0.2) is 0 Å². The summed E-state index contributed by atoms with van der Waals surface area (Å²) >= 11 is 0. The number of nitro groups is 1. The van der Waals surface area contributed by atoms with Crippen molar-refractivity contribution in [3.05, 3.63) is 58.4 Å². The number of allylic oxidation sites excluding steroid dienone is 2. The van der Waals surface area contributed by atoms with Gasteiger partial charge in [0.1, 0.15) is 17.3 Å². The Morgan fingerprint density at radius 3 is 2.39 bits per heavy atom. The van der Waals surface area contributed by atoms with E-state index in [0.29, 0.717) is 22.8 Å². The van der Waals surface area contributed by atoms with Crippen molar-refractivity contribution in [1.29, 1.82) is 0 Å². The van der Waals surface area contributed by atoms with E-state index in [1.54, 1.807) is 12.1 Å². The molecule has 31 heavy (non-hydrogen) atoms. The number of methoxy groups -OCH3 is 1. The number of rotatable bonds is 5. The minimum Gasteiger partial charge on any atom is -0.496 e. The van der Waals surface area contributed by atoms with E-state index in [2.05, 4.69) is 17.3 Å². The summed E-state index contributed by atoms with van der Waals surface area (Å²) in [6.07, 6.45) is 7.27. The summed E-state index contributed by atoms with van der Waals surface area (Å²) in [5, 5.41) is 16.2. The summed E-state index contributed by atoms with van der Waals surface area (Å²) in [6, 6.07) is 7.44. The van der Waals surface area contributed by atoms with Crippen LogP contribution in [0, 0.1) is 33.8 Å². The fourth-order valence-corrected chi connectivity index (χ4v) is 4.86. The second-order valence-corrected chi connectivity index (χ2v) is 7.92. The smallest absolute Gasteiger partial charge is 0.270 e. The normalized spacial score (nSPS) is 26.7. The maximum atomic E-state index is 12.8. The van der Waals surface area contributed by atoms with E-state index in [-0.39, 0.29) is 41.2 Å². The van der Waals surface area contributed by atoms with Gasteiger partial charge in [-0.15, -0.1) is 0 Å². The Bertz CT molecular complexity index is 1120. The number of carbonyl (C=O) groups excluding carboxylic acids is 2. The highest BCUT2D eigenvalue weighted by Gasteiger charge is 2.56. The van der Waals surface area contributed by atoms with Crippen molar-refractivity contribution in [2.24, 2.45) is 28.8 Å². The first-order valence-corrected chi connectivity index (χ1v) is 10.0. The van der Waals surface area contributed by atoms with Crippen molar-refractivity contribution < 1.29 is 23.7 Å². The molecule has 1 aromatic heterocycles. The van der Waals surface area contributed by atoms with Crippen molar-refractivity contribution in [3.63, 3.8) is 0 Å². The number of amides is 2. The molecule has 6 rings (SSSR count). The van der Waals surface area contributed by atoms with Crippen LogP contribution in [0.2, 0.25) is 0 Å². The van der Waals surface area contributed by atoms with E-state index in [1.165, 1.54) is 31.5 Å². The van der Waals surface area contributed by atoms with Crippen LogP contribution in [0.1, 0.15) is 18.6 Å². The minimum absolute atomic E-state index is 0.0958. The van der Waals surface area contributed by atoms with Gasteiger partial charge in [-0.05, 0) is 42.9 Å². The highest BCUT2D eigenvalue weighted by atomic mass is 16.6. The molecule has 1 saturated carbocycles. The molecule has 2 aromatic rings. The van der Waals surface area contributed by atoms with Crippen LogP contribution < -0.4 is 4.74 Å². The summed E-state index contributed by atoms with van der Waals surface area (Å²) < 4.78 is 11.0. The molecule has 0 spiro atoms. The molecule has 0 unspecified atom stereocenters. The summed E-state index contributed by atoms with van der Waals surface area (Å²) in [5.74, 6) is 0.0863. The van der Waals surface area contributed by atoms with Crippen LogP contribution >= 0.6 is 0 Å². The maximum Gasteiger partial charge on any atom is 0.270 e. The van der Waals surface area contributed by atoms with Crippen molar-refractivity contribution >= 4 is 23.7 Å². The van der Waals surface area contributed by atoms with E-state index in [0.717, 1.165) is 17.9 Å². The Kier molecular flexibility index (Phi) is 4.46. The van der Waals surface area contributed by atoms with E-state index in [4.69, 9.17) is 9.15 Å². The Hall–Kier alpha value is -3.75. The number of imide groups is 1. The number of non-ortho nitro benzene ring substituents is 1. The van der Waals surface area contributed by atoms with Gasteiger partial charge in [-0.3, -0.25) is 19.7 Å². The molecule has 1 saturated heterocycles. The van der Waals surface area contributed by atoms with Crippen LogP contribution in [0.3, 0.4) is 0 Å². The largest absolute Gasteiger partial charge is 0.496 e. The molecule has 9 nitrogen and oxygen atoms in total. The lowest BCUT2D eigenvalue weighted by atomic mass is 9.63. The number of hydrazone groups is 1. The number of nitro benzene ring substituents is 1. The van der Waals surface area contributed by atoms with E-state index in [1.807, 2.05) is 0 Å². The topological polar surface area (TPSA) is 115 Å². The first-order valence-electron chi connectivity index (χ1n) is 10.0. The van der Waals surface area contributed by atoms with Gasteiger partial charge in [0.15, 0.2) is 0 Å². The number of hydrogen-bond donors (Lipinski definition) is 0. The van der Waals surface area contributed by atoms with Gasteiger partial charge in [0.05, 0.1) is 35.6 Å². The predicted octanol–water partition coefficient (Wildman–Crippen LogP) is 3.39. The lowest BCUT2D eigenvalue weighted by molar-refractivity contribution is -0.384. The zero-order valence-corrected chi connectivity index (χ0v) is 16.6. The van der Waals surface area contributed by atoms with Gasteiger partial charge in [-0.2, -0.15) is 10.1 Å². The van der Waals surface area contributed by atoms with E-state index in [9.17, 15) is 19.7 Å². The second-order valence-electron chi connectivity index (χ2n) is 7.92. The monoisotopic (exact) mass is 421 g/mol. The summed E-state index contributed by atoms with van der Waals surface area (Å²) in [6.45, 7) is 0. The Morgan fingerprint density at radius 1 is 1.13 bits per heavy atom. The third-order valence-corrected chi connectivity index (χ3v) is 6.32.